The van der Waals surface area contributed by atoms with Crippen LogP contribution >= 0.6 is 12.4 Å². The van der Waals surface area contributed by atoms with Gasteiger partial charge in [-0.1, -0.05) is 34.1 Å². The summed E-state index contributed by atoms with van der Waals surface area (Å²) in [7, 11) is 0. The van der Waals surface area contributed by atoms with Crippen LogP contribution in [0, 0.1) is 17.8 Å². The molecule has 2 unspecified atom stereocenters. The average molecular weight is 251 g/mol. The molecule has 0 rings (SSSR count). The molecule has 0 aliphatic heterocycles. The Hall–Kier alpha value is -0.280. The first-order chi connectivity index (χ1) is 7.01. The Morgan fingerprint density at radius 1 is 1.31 bits per heavy atom. The molecule has 0 aromatic rings. The number of nitrogens with one attached hydrogen (secondary N) is 1. The molecule has 0 aromatic heterocycles. The number of hydrogen-bond acceptors (Lipinski definition) is 2. The lowest BCUT2D eigenvalue weighted by molar-refractivity contribution is -0.122. The van der Waals surface area contributed by atoms with Crippen molar-refractivity contribution in [2.75, 3.05) is 13.1 Å². The van der Waals surface area contributed by atoms with Crippen molar-refractivity contribution in [2.24, 2.45) is 23.5 Å². The molecule has 3 nitrogen and oxygen atoms in total. The first-order valence-electron chi connectivity index (χ1n) is 5.97. The van der Waals surface area contributed by atoms with Gasteiger partial charge in [0.15, 0.2) is 0 Å². The van der Waals surface area contributed by atoms with Gasteiger partial charge in [-0.2, -0.15) is 0 Å². The number of carbonyl (C=O) groups excluding carboxylic acids is 1. The molecular formula is C12H27ClN2O. The van der Waals surface area contributed by atoms with Gasteiger partial charge in [0.2, 0.25) is 5.91 Å². The van der Waals surface area contributed by atoms with E-state index < -0.39 is 0 Å². The lowest BCUT2D eigenvalue weighted by Crippen LogP contribution is -2.32. The highest BCUT2D eigenvalue weighted by Gasteiger charge is 2.15. The maximum Gasteiger partial charge on any atom is 0.220 e. The van der Waals surface area contributed by atoms with Gasteiger partial charge in [0, 0.05) is 13.0 Å². The summed E-state index contributed by atoms with van der Waals surface area (Å²) in [4.78, 5) is 11.6. The van der Waals surface area contributed by atoms with Crippen molar-refractivity contribution in [3.05, 3.63) is 0 Å². The van der Waals surface area contributed by atoms with E-state index in [1.54, 1.807) is 0 Å². The molecule has 0 bridgehead atoms. The van der Waals surface area contributed by atoms with Crippen LogP contribution in [0.5, 0.6) is 0 Å². The van der Waals surface area contributed by atoms with Crippen LogP contribution in [0.2, 0.25) is 0 Å². The summed E-state index contributed by atoms with van der Waals surface area (Å²) in [5.74, 6) is 1.61. The Bertz CT molecular complexity index is 186. The maximum absolute atomic E-state index is 11.6. The number of hydrogen-bond donors (Lipinski definition) is 2. The lowest BCUT2D eigenvalue weighted by atomic mass is 9.90. The van der Waals surface area contributed by atoms with Crippen molar-refractivity contribution in [2.45, 2.75) is 40.5 Å². The summed E-state index contributed by atoms with van der Waals surface area (Å²) in [6.45, 7) is 9.85. The Morgan fingerprint density at radius 2 is 1.88 bits per heavy atom. The van der Waals surface area contributed by atoms with Crippen molar-refractivity contribution in [1.82, 2.24) is 5.32 Å². The zero-order chi connectivity index (χ0) is 11.8. The van der Waals surface area contributed by atoms with Gasteiger partial charge in [-0.3, -0.25) is 4.79 Å². The van der Waals surface area contributed by atoms with Gasteiger partial charge in [-0.05, 0) is 24.3 Å². The van der Waals surface area contributed by atoms with Gasteiger partial charge in [0.05, 0.1) is 0 Å². The standard InChI is InChI=1S/C12H26N2O.ClH/c1-5-11(9(2)3)6-12(15)14-8-10(4)7-13;/h9-11H,5-8,13H2,1-4H3,(H,14,15);1H. The minimum Gasteiger partial charge on any atom is -0.356 e. The molecule has 0 spiro atoms. The fourth-order valence-electron chi connectivity index (χ4n) is 1.53. The van der Waals surface area contributed by atoms with Gasteiger partial charge >= 0.3 is 0 Å². The normalized spacial score (nSPS) is 14.1. The molecule has 0 radical (unpaired) electrons. The quantitative estimate of drug-likeness (QED) is 0.728. The van der Waals surface area contributed by atoms with Gasteiger partial charge in [0.1, 0.15) is 0 Å². The molecule has 0 aliphatic carbocycles. The Kier molecular flexibility index (Phi) is 11.2. The number of carbonyl (C=O) groups is 1. The van der Waals surface area contributed by atoms with E-state index in [9.17, 15) is 4.79 Å². The van der Waals surface area contributed by atoms with E-state index >= 15 is 0 Å². The SMILES string of the molecule is CCC(CC(=O)NCC(C)CN)C(C)C.Cl. The topological polar surface area (TPSA) is 55.1 Å². The largest absolute Gasteiger partial charge is 0.356 e. The van der Waals surface area contributed by atoms with Crippen molar-refractivity contribution in [1.29, 1.82) is 0 Å². The molecule has 98 valence electrons. The van der Waals surface area contributed by atoms with E-state index in [0.717, 1.165) is 6.42 Å². The Morgan fingerprint density at radius 3 is 2.25 bits per heavy atom. The molecule has 0 aliphatic rings. The second-order valence-electron chi connectivity index (χ2n) is 4.76. The van der Waals surface area contributed by atoms with E-state index in [-0.39, 0.29) is 18.3 Å². The summed E-state index contributed by atoms with van der Waals surface area (Å²) in [6, 6.07) is 0. The number of amides is 1. The van der Waals surface area contributed by atoms with Crippen LogP contribution in [0.4, 0.5) is 0 Å². The fraction of sp³-hybridized carbons (Fsp3) is 0.917. The van der Waals surface area contributed by atoms with Crippen LogP contribution in [0.15, 0.2) is 0 Å². The third kappa shape index (κ3) is 7.94. The lowest BCUT2D eigenvalue weighted by Gasteiger charge is -2.19. The third-order valence-electron chi connectivity index (χ3n) is 2.96. The van der Waals surface area contributed by atoms with Crippen molar-refractivity contribution < 1.29 is 4.79 Å². The highest BCUT2D eigenvalue weighted by Crippen LogP contribution is 2.18. The molecule has 0 aromatic carbocycles. The van der Waals surface area contributed by atoms with E-state index in [4.69, 9.17) is 5.73 Å². The molecule has 0 saturated carbocycles. The van der Waals surface area contributed by atoms with E-state index in [1.165, 1.54) is 0 Å². The van der Waals surface area contributed by atoms with Gasteiger partial charge in [-0.15, -0.1) is 12.4 Å². The van der Waals surface area contributed by atoms with Crippen LogP contribution in [-0.2, 0) is 4.79 Å². The van der Waals surface area contributed by atoms with Crippen LogP contribution in [0.3, 0.4) is 0 Å². The van der Waals surface area contributed by atoms with Crippen molar-refractivity contribution in [3.63, 3.8) is 0 Å². The van der Waals surface area contributed by atoms with Gasteiger partial charge < -0.3 is 11.1 Å². The smallest absolute Gasteiger partial charge is 0.220 e. The molecule has 2 atom stereocenters. The molecule has 1 amide bonds. The summed E-state index contributed by atoms with van der Waals surface area (Å²) >= 11 is 0. The first kappa shape index (κ1) is 18.1. The predicted octanol–water partition coefficient (Wildman–Crippen LogP) is 2.19. The molecule has 0 fully saturated rings. The Labute approximate surface area is 106 Å². The zero-order valence-corrected chi connectivity index (χ0v) is 11.8. The molecule has 3 N–H and O–H groups in total. The molecule has 4 heteroatoms. The van der Waals surface area contributed by atoms with Crippen LogP contribution in [0.25, 0.3) is 0 Å². The number of halogens is 1. The summed E-state index contributed by atoms with van der Waals surface area (Å²) in [6.07, 6.45) is 1.71. The van der Waals surface area contributed by atoms with Crippen LogP contribution < -0.4 is 11.1 Å². The Balaban J connectivity index is 0. The second kappa shape index (κ2) is 9.91. The average Bonchev–Trinajstić information content (AvgIpc) is 2.21. The predicted molar refractivity (Wildman–Crippen MR) is 71.7 cm³/mol. The number of rotatable bonds is 7. The summed E-state index contributed by atoms with van der Waals surface area (Å²) in [5.41, 5.74) is 5.48. The van der Waals surface area contributed by atoms with E-state index in [0.29, 0.717) is 37.3 Å². The second-order valence-corrected chi connectivity index (χ2v) is 4.76. The molecule has 16 heavy (non-hydrogen) atoms. The van der Waals surface area contributed by atoms with Crippen molar-refractivity contribution in [3.8, 4) is 0 Å². The molecule has 0 heterocycles. The first-order valence-corrected chi connectivity index (χ1v) is 5.97. The van der Waals surface area contributed by atoms with Crippen LogP contribution in [0.1, 0.15) is 40.5 Å². The summed E-state index contributed by atoms with van der Waals surface area (Å²) in [5, 5.41) is 2.93. The highest BCUT2D eigenvalue weighted by molar-refractivity contribution is 5.85. The fourth-order valence-corrected chi connectivity index (χ4v) is 1.53. The monoisotopic (exact) mass is 250 g/mol. The zero-order valence-electron chi connectivity index (χ0n) is 11.0. The van der Waals surface area contributed by atoms with Crippen LogP contribution in [-0.4, -0.2) is 19.0 Å². The van der Waals surface area contributed by atoms with E-state index in [1.807, 2.05) is 6.92 Å². The van der Waals surface area contributed by atoms with Gasteiger partial charge in [-0.25, -0.2) is 0 Å². The molecular weight excluding hydrogens is 224 g/mol. The maximum atomic E-state index is 11.6. The minimum absolute atomic E-state index is 0. The van der Waals surface area contributed by atoms with Gasteiger partial charge in [0.25, 0.3) is 0 Å². The van der Waals surface area contributed by atoms with E-state index in [2.05, 4.69) is 26.1 Å². The highest BCUT2D eigenvalue weighted by atomic mass is 35.5. The molecule has 0 saturated heterocycles. The summed E-state index contributed by atoms with van der Waals surface area (Å²) < 4.78 is 0. The minimum atomic E-state index is 0. The number of nitrogens with two attached hydrogens (primary N) is 1. The van der Waals surface area contributed by atoms with Crippen molar-refractivity contribution >= 4 is 18.3 Å². The third-order valence-corrected chi connectivity index (χ3v) is 2.96.